The average molecular weight is 308 g/mol. The van der Waals surface area contributed by atoms with Crippen molar-refractivity contribution in [3.63, 3.8) is 0 Å². The van der Waals surface area contributed by atoms with Crippen LogP contribution in [0.25, 0.3) is 0 Å². The van der Waals surface area contributed by atoms with Gasteiger partial charge in [0, 0.05) is 11.4 Å². The monoisotopic (exact) mass is 308 g/mol. The Bertz CT molecular complexity index is 566. The highest BCUT2D eigenvalue weighted by atomic mass is 32.1. The number of aryl methyl sites for hydroxylation is 1. The van der Waals surface area contributed by atoms with E-state index in [1.54, 1.807) is 23.5 Å². The Morgan fingerprint density at radius 2 is 2.00 bits per heavy atom. The maximum atomic E-state index is 12.8. The molecule has 0 saturated heterocycles. The molecular weight excluding hydrogens is 287 g/mol. The van der Waals surface area contributed by atoms with Gasteiger partial charge in [-0.15, -0.1) is 11.3 Å². The molecule has 1 N–H and O–H groups in total. The van der Waals surface area contributed by atoms with E-state index >= 15 is 0 Å². The summed E-state index contributed by atoms with van der Waals surface area (Å²) >= 11 is 1.66. The summed E-state index contributed by atoms with van der Waals surface area (Å²) in [7, 11) is 0. The third-order valence-electron chi connectivity index (χ3n) is 2.95. The second kappa shape index (κ2) is 7.52. The average Bonchev–Trinajstić information content (AvgIpc) is 2.78. The quantitative estimate of drug-likeness (QED) is 0.842. The van der Waals surface area contributed by atoms with Crippen molar-refractivity contribution in [1.29, 1.82) is 0 Å². The molecule has 0 unspecified atom stereocenters. The van der Waals surface area contributed by atoms with E-state index in [1.807, 2.05) is 6.92 Å². The molecule has 2 rings (SSSR count). The van der Waals surface area contributed by atoms with Gasteiger partial charge in [0.25, 0.3) is 0 Å². The van der Waals surface area contributed by atoms with Crippen LogP contribution in [0.2, 0.25) is 0 Å². The van der Waals surface area contributed by atoms with Crippen LogP contribution >= 0.6 is 11.3 Å². The van der Waals surface area contributed by atoms with Gasteiger partial charge in [0.15, 0.2) is 0 Å². The Morgan fingerprint density at radius 1 is 1.29 bits per heavy atom. The van der Waals surface area contributed by atoms with Gasteiger partial charge in [0.05, 0.1) is 5.69 Å². The van der Waals surface area contributed by atoms with E-state index in [0.717, 1.165) is 23.8 Å². The fourth-order valence-electron chi connectivity index (χ4n) is 1.86. The molecule has 5 heteroatoms. The summed E-state index contributed by atoms with van der Waals surface area (Å²) in [5.41, 5.74) is 1.05. The highest BCUT2D eigenvalue weighted by molar-refractivity contribution is 7.11. The number of hydrogen-bond acceptors (Lipinski definition) is 4. The normalized spacial score (nSPS) is 11.1. The van der Waals surface area contributed by atoms with Crippen molar-refractivity contribution in [2.75, 3.05) is 6.54 Å². The van der Waals surface area contributed by atoms with Crippen molar-refractivity contribution in [2.45, 2.75) is 33.9 Å². The zero-order valence-corrected chi connectivity index (χ0v) is 13.5. The van der Waals surface area contributed by atoms with Gasteiger partial charge in [-0.3, -0.25) is 0 Å². The largest absolute Gasteiger partial charge is 0.486 e. The number of hydrogen-bond donors (Lipinski definition) is 1. The van der Waals surface area contributed by atoms with E-state index in [1.165, 1.54) is 17.0 Å². The summed E-state index contributed by atoms with van der Waals surface area (Å²) in [5, 5.41) is 4.37. The summed E-state index contributed by atoms with van der Waals surface area (Å²) in [4.78, 5) is 5.76. The number of halogens is 1. The van der Waals surface area contributed by atoms with E-state index in [-0.39, 0.29) is 5.82 Å². The van der Waals surface area contributed by atoms with Crippen molar-refractivity contribution >= 4 is 11.3 Å². The molecule has 1 aromatic heterocycles. The van der Waals surface area contributed by atoms with E-state index < -0.39 is 0 Å². The van der Waals surface area contributed by atoms with Crippen molar-refractivity contribution in [2.24, 2.45) is 5.92 Å². The van der Waals surface area contributed by atoms with Crippen LogP contribution in [0, 0.1) is 18.7 Å². The number of thiazole rings is 1. The van der Waals surface area contributed by atoms with Crippen molar-refractivity contribution in [1.82, 2.24) is 10.3 Å². The van der Waals surface area contributed by atoms with Crippen LogP contribution in [0.5, 0.6) is 5.75 Å². The van der Waals surface area contributed by atoms with Crippen LogP contribution in [0.1, 0.15) is 29.4 Å². The summed E-state index contributed by atoms with van der Waals surface area (Å²) in [6, 6.07) is 6.04. The molecule has 2 aromatic rings. The molecular formula is C16H21FN2OS. The van der Waals surface area contributed by atoms with Gasteiger partial charge < -0.3 is 10.1 Å². The number of ether oxygens (including phenoxy) is 1. The Morgan fingerprint density at radius 3 is 2.67 bits per heavy atom. The van der Waals surface area contributed by atoms with Gasteiger partial charge in [-0.05, 0) is 43.7 Å². The zero-order chi connectivity index (χ0) is 15.2. The molecule has 0 radical (unpaired) electrons. The third-order valence-corrected chi connectivity index (χ3v) is 4.08. The summed E-state index contributed by atoms with van der Waals surface area (Å²) in [6.45, 7) is 8.66. The predicted molar refractivity (Wildman–Crippen MR) is 84.1 cm³/mol. The van der Waals surface area contributed by atoms with Crippen LogP contribution in [-0.2, 0) is 13.2 Å². The maximum Gasteiger partial charge on any atom is 0.140 e. The molecule has 1 heterocycles. The van der Waals surface area contributed by atoms with Gasteiger partial charge in [-0.2, -0.15) is 0 Å². The van der Waals surface area contributed by atoms with Gasteiger partial charge in [-0.25, -0.2) is 9.37 Å². The first kappa shape index (κ1) is 15.9. The van der Waals surface area contributed by atoms with Gasteiger partial charge in [0.2, 0.25) is 0 Å². The lowest BCUT2D eigenvalue weighted by atomic mass is 10.2. The van der Waals surface area contributed by atoms with Crippen molar-refractivity contribution in [3.8, 4) is 5.75 Å². The highest BCUT2D eigenvalue weighted by Gasteiger charge is 2.08. The van der Waals surface area contributed by atoms with Crippen molar-refractivity contribution < 1.29 is 9.13 Å². The van der Waals surface area contributed by atoms with Gasteiger partial charge in [-0.1, -0.05) is 13.8 Å². The maximum absolute atomic E-state index is 12.8. The minimum Gasteiger partial charge on any atom is -0.486 e. The SMILES string of the molecule is Cc1nc(COc2ccc(F)cc2)sc1CNCC(C)C. The molecule has 0 atom stereocenters. The summed E-state index contributed by atoms with van der Waals surface area (Å²) in [5.74, 6) is 1.04. The molecule has 1 aromatic carbocycles. The fraction of sp³-hybridized carbons (Fsp3) is 0.438. The lowest BCUT2D eigenvalue weighted by Crippen LogP contribution is -2.18. The number of benzene rings is 1. The van der Waals surface area contributed by atoms with E-state index in [0.29, 0.717) is 18.3 Å². The molecule has 0 aliphatic heterocycles. The third kappa shape index (κ3) is 5.10. The first-order chi connectivity index (χ1) is 10.0. The number of aromatic nitrogens is 1. The fourth-order valence-corrected chi connectivity index (χ4v) is 2.82. The lowest BCUT2D eigenvalue weighted by molar-refractivity contribution is 0.305. The molecule has 0 bridgehead atoms. The number of rotatable bonds is 7. The van der Waals surface area contributed by atoms with Crippen LogP contribution in [0.3, 0.4) is 0 Å². The molecule has 0 aliphatic carbocycles. The number of nitrogens with one attached hydrogen (secondary N) is 1. The summed E-state index contributed by atoms with van der Waals surface area (Å²) < 4.78 is 18.4. The van der Waals surface area contributed by atoms with E-state index in [9.17, 15) is 4.39 Å². The summed E-state index contributed by atoms with van der Waals surface area (Å²) in [6.07, 6.45) is 0. The Kier molecular flexibility index (Phi) is 5.70. The van der Waals surface area contributed by atoms with Crippen LogP contribution in [-0.4, -0.2) is 11.5 Å². The standard InChI is InChI=1S/C16H21FN2OS/c1-11(2)8-18-9-15-12(3)19-16(21-15)10-20-14-6-4-13(17)5-7-14/h4-7,11,18H,8-10H2,1-3H3. The first-order valence-electron chi connectivity index (χ1n) is 7.09. The molecule has 114 valence electrons. The molecule has 0 saturated carbocycles. The topological polar surface area (TPSA) is 34.1 Å². The minimum absolute atomic E-state index is 0.258. The minimum atomic E-state index is -0.258. The Hall–Kier alpha value is -1.46. The predicted octanol–water partition coefficient (Wildman–Crippen LogP) is 3.92. The first-order valence-corrected chi connectivity index (χ1v) is 7.90. The highest BCUT2D eigenvalue weighted by Crippen LogP contribution is 2.20. The van der Waals surface area contributed by atoms with Gasteiger partial charge >= 0.3 is 0 Å². The second-order valence-corrected chi connectivity index (χ2v) is 6.55. The van der Waals surface area contributed by atoms with Crippen molar-refractivity contribution in [3.05, 3.63) is 45.7 Å². The molecule has 0 spiro atoms. The van der Waals surface area contributed by atoms with E-state index in [4.69, 9.17) is 4.74 Å². The molecule has 0 aliphatic rings. The number of nitrogens with zero attached hydrogens (tertiary/aromatic N) is 1. The molecule has 0 amide bonds. The Labute approximate surface area is 129 Å². The van der Waals surface area contributed by atoms with Crippen LogP contribution in [0.4, 0.5) is 4.39 Å². The zero-order valence-electron chi connectivity index (χ0n) is 12.6. The molecule has 21 heavy (non-hydrogen) atoms. The molecule has 3 nitrogen and oxygen atoms in total. The smallest absolute Gasteiger partial charge is 0.140 e. The molecule has 0 fully saturated rings. The second-order valence-electron chi connectivity index (χ2n) is 5.38. The van der Waals surface area contributed by atoms with Gasteiger partial charge in [0.1, 0.15) is 23.2 Å². The van der Waals surface area contributed by atoms with Crippen LogP contribution < -0.4 is 10.1 Å². The van der Waals surface area contributed by atoms with E-state index in [2.05, 4.69) is 24.1 Å². The lowest BCUT2D eigenvalue weighted by Gasteiger charge is -2.05. The van der Waals surface area contributed by atoms with Crippen LogP contribution in [0.15, 0.2) is 24.3 Å². The Balaban J connectivity index is 1.87.